The Bertz CT molecular complexity index is 1320. The fourth-order valence-corrected chi connectivity index (χ4v) is 5.75. The largest absolute Gasteiger partial charge is 0.378 e. The van der Waals surface area contributed by atoms with E-state index in [-0.39, 0.29) is 23.8 Å². The Kier molecular flexibility index (Phi) is 8.05. The van der Waals surface area contributed by atoms with Crippen LogP contribution in [0.1, 0.15) is 50.8 Å². The number of benzene rings is 1. The second-order valence-corrected chi connectivity index (χ2v) is 10.8. The van der Waals surface area contributed by atoms with Crippen molar-refractivity contribution in [2.45, 2.75) is 57.0 Å². The average Bonchev–Trinajstić information content (AvgIpc) is 3.36. The summed E-state index contributed by atoms with van der Waals surface area (Å²) >= 11 is 0. The number of nitrogens with one attached hydrogen (secondary N) is 2. The first-order valence-corrected chi connectivity index (χ1v) is 14.3. The van der Waals surface area contributed by atoms with Gasteiger partial charge in [-0.1, -0.05) is 18.6 Å². The van der Waals surface area contributed by atoms with Crippen molar-refractivity contribution in [1.82, 2.24) is 29.7 Å². The lowest BCUT2D eigenvalue weighted by atomic mass is 9.86. The van der Waals surface area contributed by atoms with E-state index in [1.54, 1.807) is 30.3 Å². The summed E-state index contributed by atoms with van der Waals surface area (Å²) in [6, 6.07) is 9.00. The number of hydrogen-bond acceptors (Lipinski definition) is 8. The highest BCUT2D eigenvalue weighted by atomic mass is 19.3. The highest BCUT2D eigenvalue weighted by molar-refractivity contribution is 5.78. The molecule has 1 aliphatic carbocycles. The minimum absolute atomic E-state index is 0.0967. The Balaban J connectivity index is 1.16. The van der Waals surface area contributed by atoms with Crippen LogP contribution in [0.15, 0.2) is 30.3 Å². The lowest BCUT2D eigenvalue weighted by Crippen LogP contribution is -2.50. The van der Waals surface area contributed by atoms with Gasteiger partial charge >= 0.3 is 0 Å². The Morgan fingerprint density at radius 3 is 2.55 bits per heavy atom. The molecule has 0 bridgehead atoms. The van der Waals surface area contributed by atoms with Gasteiger partial charge in [0.05, 0.1) is 24.2 Å². The fraction of sp³-hybridized carbons (Fsp3) is 0.571. The zero-order valence-corrected chi connectivity index (χ0v) is 22.6. The molecule has 2 aliphatic heterocycles. The predicted octanol–water partition coefficient (Wildman–Crippen LogP) is 3.52. The Morgan fingerprint density at radius 2 is 1.77 bits per heavy atom. The summed E-state index contributed by atoms with van der Waals surface area (Å²) in [5.41, 5.74) is 1.04. The van der Waals surface area contributed by atoms with Crippen molar-refractivity contribution in [3.05, 3.63) is 36.2 Å². The van der Waals surface area contributed by atoms with E-state index in [2.05, 4.69) is 20.5 Å². The number of ether oxygens (including phenoxy) is 1. The third kappa shape index (κ3) is 6.02. The number of alkyl halides is 2. The van der Waals surface area contributed by atoms with Crippen LogP contribution in [0.25, 0.3) is 16.9 Å². The van der Waals surface area contributed by atoms with Gasteiger partial charge < -0.3 is 25.2 Å². The first-order chi connectivity index (χ1) is 19.5. The maximum Gasteiger partial charge on any atom is 0.296 e. The van der Waals surface area contributed by atoms with Crippen LogP contribution in [-0.4, -0.2) is 88.3 Å². The second kappa shape index (κ2) is 12.0. The molecule has 1 amide bonds. The van der Waals surface area contributed by atoms with E-state index in [9.17, 15) is 13.6 Å². The van der Waals surface area contributed by atoms with Crippen LogP contribution in [0, 0.1) is 0 Å². The third-order valence-electron chi connectivity index (χ3n) is 7.96. The van der Waals surface area contributed by atoms with Gasteiger partial charge in [0.25, 0.3) is 6.43 Å². The van der Waals surface area contributed by atoms with E-state index in [4.69, 9.17) is 14.7 Å². The highest BCUT2D eigenvalue weighted by Gasteiger charge is 2.31. The molecular formula is C28H36F2N8O2. The molecule has 2 N–H and O–H groups in total. The number of carbonyl (C=O) groups is 1. The molecule has 40 heavy (non-hydrogen) atoms. The summed E-state index contributed by atoms with van der Waals surface area (Å²) in [4.78, 5) is 30.5. The van der Waals surface area contributed by atoms with Gasteiger partial charge in [0.15, 0.2) is 5.82 Å². The zero-order chi connectivity index (χ0) is 27.5. The van der Waals surface area contributed by atoms with Crippen molar-refractivity contribution in [1.29, 1.82) is 0 Å². The van der Waals surface area contributed by atoms with Crippen LogP contribution in [0.3, 0.4) is 0 Å². The third-order valence-corrected chi connectivity index (χ3v) is 7.96. The Labute approximate surface area is 232 Å². The fourth-order valence-electron chi connectivity index (χ4n) is 5.75. The highest BCUT2D eigenvalue weighted by Crippen LogP contribution is 2.30. The van der Waals surface area contributed by atoms with Crippen LogP contribution >= 0.6 is 0 Å². The van der Waals surface area contributed by atoms with Crippen molar-refractivity contribution in [3.8, 4) is 5.82 Å². The number of fused-ring (bicyclic) bond motifs is 1. The molecule has 10 nitrogen and oxygen atoms in total. The van der Waals surface area contributed by atoms with E-state index >= 15 is 0 Å². The molecule has 1 aromatic carbocycles. The number of nitrogens with zero attached hydrogens (tertiary/aromatic N) is 6. The molecule has 6 rings (SSSR count). The summed E-state index contributed by atoms with van der Waals surface area (Å²) in [5.74, 6) is 1.10. The van der Waals surface area contributed by atoms with Crippen LogP contribution in [0.4, 0.5) is 20.5 Å². The Hall–Kier alpha value is -3.38. The van der Waals surface area contributed by atoms with E-state index < -0.39 is 6.43 Å². The zero-order valence-electron chi connectivity index (χ0n) is 22.6. The molecular weight excluding hydrogens is 518 g/mol. The van der Waals surface area contributed by atoms with Gasteiger partial charge in [0, 0.05) is 44.2 Å². The van der Waals surface area contributed by atoms with Crippen molar-refractivity contribution >= 4 is 28.7 Å². The topological polar surface area (TPSA) is 100 Å². The minimum atomic E-state index is -2.77. The van der Waals surface area contributed by atoms with Crippen molar-refractivity contribution in [3.63, 3.8) is 0 Å². The molecule has 0 unspecified atom stereocenters. The number of aromatic nitrogens is 4. The molecule has 0 atom stereocenters. The molecule has 214 valence electrons. The maximum atomic E-state index is 14.1. The molecule has 3 aromatic rings. The van der Waals surface area contributed by atoms with Gasteiger partial charge in [-0.25, -0.2) is 13.8 Å². The number of rotatable bonds is 9. The van der Waals surface area contributed by atoms with E-state index in [0.29, 0.717) is 61.3 Å². The SMILES string of the molecule is O=C(CCN1CCCCC1)N[C@H]1C[C@H](Nc2cc(-n3c(C(F)F)nc4ccccc43)nc(N3CCOCC3)n2)C1. The summed E-state index contributed by atoms with van der Waals surface area (Å²) in [5, 5.41) is 6.61. The quantitative estimate of drug-likeness (QED) is 0.415. The monoisotopic (exact) mass is 554 g/mol. The van der Waals surface area contributed by atoms with Gasteiger partial charge in [0.2, 0.25) is 11.9 Å². The normalized spacial score (nSPS) is 21.9. The smallest absolute Gasteiger partial charge is 0.296 e. The number of amides is 1. The van der Waals surface area contributed by atoms with Gasteiger partial charge in [-0.15, -0.1) is 0 Å². The van der Waals surface area contributed by atoms with Crippen molar-refractivity contribution < 1.29 is 18.3 Å². The lowest BCUT2D eigenvalue weighted by molar-refractivity contribution is -0.122. The lowest BCUT2D eigenvalue weighted by Gasteiger charge is -2.37. The van der Waals surface area contributed by atoms with Crippen molar-refractivity contribution in [2.24, 2.45) is 0 Å². The van der Waals surface area contributed by atoms with Gasteiger partial charge in [-0.2, -0.15) is 9.97 Å². The molecule has 1 saturated carbocycles. The van der Waals surface area contributed by atoms with Crippen LogP contribution in [0.2, 0.25) is 0 Å². The molecule has 3 fully saturated rings. The summed E-state index contributed by atoms with van der Waals surface area (Å²) in [6.07, 6.45) is 3.03. The van der Waals surface area contributed by atoms with Gasteiger partial charge in [-0.3, -0.25) is 9.36 Å². The number of para-hydroxylation sites is 2. The second-order valence-electron chi connectivity index (χ2n) is 10.8. The number of imidazole rings is 1. The predicted molar refractivity (Wildman–Crippen MR) is 148 cm³/mol. The summed E-state index contributed by atoms with van der Waals surface area (Å²) in [7, 11) is 0. The first kappa shape index (κ1) is 26.8. The van der Waals surface area contributed by atoms with Gasteiger partial charge in [-0.05, 0) is 50.9 Å². The molecule has 0 radical (unpaired) electrons. The number of likely N-dealkylation sites (tertiary alicyclic amines) is 1. The van der Waals surface area contributed by atoms with Crippen LogP contribution < -0.4 is 15.5 Å². The van der Waals surface area contributed by atoms with E-state index in [0.717, 1.165) is 32.5 Å². The molecule has 2 saturated heterocycles. The van der Waals surface area contributed by atoms with Crippen molar-refractivity contribution in [2.75, 3.05) is 56.2 Å². The molecule has 4 heterocycles. The number of halogens is 2. The first-order valence-electron chi connectivity index (χ1n) is 14.3. The number of morpholine rings is 1. The Morgan fingerprint density at radius 1 is 1.00 bits per heavy atom. The maximum absolute atomic E-state index is 14.1. The van der Waals surface area contributed by atoms with Crippen LogP contribution in [0.5, 0.6) is 0 Å². The van der Waals surface area contributed by atoms with E-state index in [1.807, 2.05) is 4.90 Å². The molecule has 3 aliphatic rings. The molecule has 0 spiro atoms. The molecule has 2 aromatic heterocycles. The van der Waals surface area contributed by atoms with E-state index in [1.165, 1.54) is 23.8 Å². The van der Waals surface area contributed by atoms with Gasteiger partial charge in [0.1, 0.15) is 11.6 Å². The average molecular weight is 555 g/mol. The number of hydrogen-bond donors (Lipinski definition) is 2. The number of piperidine rings is 1. The standard InChI is InChI=1S/C28H36F2N8O2/c29-26(30)27-33-21-6-2-3-7-22(21)38(27)24-18-23(34-28(35-24)37-12-14-40-15-13-37)31-19-16-20(17-19)32-25(39)8-11-36-9-4-1-5-10-36/h2-3,6-7,18-20,26H,1,4-5,8-17H2,(H,32,39)(H,31,34,35)/t19-,20-. The number of anilines is 2. The minimum Gasteiger partial charge on any atom is -0.378 e. The number of carbonyl (C=O) groups excluding carboxylic acids is 1. The summed E-state index contributed by atoms with van der Waals surface area (Å²) in [6.45, 7) is 5.32. The summed E-state index contributed by atoms with van der Waals surface area (Å²) < 4.78 is 35.1. The van der Waals surface area contributed by atoms with Crippen LogP contribution in [-0.2, 0) is 9.53 Å². The molecule has 12 heteroatoms.